The topological polar surface area (TPSA) is 97.0 Å². The largest absolute Gasteiger partial charge is 0.454 e. The second kappa shape index (κ2) is 6.47. The standard InChI is InChI=1S/C16H17N3O5S/c20-14-4-2-10(18-14)16(22)19-7-25-6-11(19)15(21)17-9-1-3-12-13(5-9)24-8-23-12/h1,3,5,10-11H,2,4,6-8H2,(H,17,21)(H,18,20)/t10-,11-/m1/s1. The summed E-state index contributed by atoms with van der Waals surface area (Å²) in [6.45, 7) is 0.168. The number of hydrogen-bond donors (Lipinski definition) is 2. The lowest BCUT2D eigenvalue weighted by atomic mass is 10.1. The molecule has 2 saturated heterocycles. The van der Waals surface area contributed by atoms with Crippen molar-refractivity contribution in [2.75, 3.05) is 23.7 Å². The molecular weight excluding hydrogens is 346 g/mol. The zero-order valence-electron chi connectivity index (χ0n) is 13.3. The van der Waals surface area contributed by atoms with E-state index in [0.717, 1.165) is 0 Å². The molecule has 0 unspecified atom stereocenters. The molecule has 3 aliphatic heterocycles. The van der Waals surface area contributed by atoms with E-state index in [4.69, 9.17) is 9.47 Å². The Balaban J connectivity index is 1.43. The fraction of sp³-hybridized carbons (Fsp3) is 0.438. The molecule has 1 aromatic carbocycles. The number of rotatable bonds is 3. The van der Waals surface area contributed by atoms with Crippen LogP contribution in [0, 0.1) is 0 Å². The van der Waals surface area contributed by atoms with Crippen molar-refractivity contribution in [3.63, 3.8) is 0 Å². The summed E-state index contributed by atoms with van der Waals surface area (Å²) in [5, 5.41) is 5.50. The van der Waals surface area contributed by atoms with Crippen LogP contribution < -0.4 is 20.1 Å². The van der Waals surface area contributed by atoms with Crippen molar-refractivity contribution in [1.29, 1.82) is 0 Å². The number of carbonyl (C=O) groups is 3. The zero-order chi connectivity index (χ0) is 17.4. The monoisotopic (exact) mass is 363 g/mol. The molecule has 132 valence electrons. The lowest BCUT2D eigenvalue weighted by Crippen LogP contribution is -2.50. The first-order chi connectivity index (χ1) is 12.1. The van der Waals surface area contributed by atoms with Gasteiger partial charge in [0.2, 0.25) is 24.5 Å². The van der Waals surface area contributed by atoms with Crippen LogP contribution in [0.5, 0.6) is 11.5 Å². The van der Waals surface area contributed by atoms with Crippen LogP contribution in [0.4, 0.5) is 5.69 Å². The first-order valence-corrected chi connectivity index (χ1v) is 9.15. The number of benzene rings is 1. The number of thioether (sulfide) groups is 1. The van der Waals surface area contributed by atoms with Gasteiger partial charge in [0.15, 0.2) is 11.5 Å². The number of ether oxygens (including phenoxy) is 2. The van der Waals surface area contributed by atoms with Crippen LogP contribution in [-0.4, -0.2) is 53.1 Å². The molecule has 3 aliphatic rings. The van der Waals surface area contributed by atoms with Crippen molar-refractivity contribution in [3.8, 4) is 11.5 Å². The van der Waals surface area contributed by atoms with E-state index in [0.29, 0.717) is 41.7 Å². The van der Waals surface area contributed by atoms with Gasteiger partial charge in [0.25, 0.3) is 0 Å². The number of fused-ring (bicyclic) bond motifs is 1. The first-order valence-electron chi connectivity index (χ1n) is 8.00. The van der Waals surface area contributed by atoms with Crippen LogP contribution in [0.1, 0.15) is 12.8 Å². The molecule has 0 bridgehead atoms. The van der Waals surface area contributed by atoms with Gasteiger partial charge in [-0.2, -0.15) is 0 Å². The molecule has 2 fully saturated rings. The minimum atomic E-state index is -0.555. The van der Waals surface area contributed by atoms with Crippen LogP contribution in [0.2, 0.25) is 0 Å². The number of carbonyl (C=O) groups excluding carboxylic acids is 3. The summed E-state index contributed by atoms with van der Waals surface area (Å²) < 4.78 is 10.5. The van der Waals surface area contributed by atoms with Gasteiger partial charge in [-0.1, -0.05) is 0 Å². The van der Waals surface area contributed by atoms with Crippen LogP contribution in [-0.2, 0) is 14.4 Å². The van der Waals surface area contributed by atoms with Crippen molar-refractivity contribution in [1.82, 2.24) is 10.2 Å². The molecule has 0 aromatic heterocycles. The average molecular weight is 363 g/mol. The zero-order valence-corrected chi connectivity index (χ0v) is 14.1. The molecule has 4 rings (SSSR count). The van der Waals surface area contributed by atoms with Crippen LogP contribution in [0.3, 0.4) is 0 Å². The molecule has 2 N–H and O–H groups in total. The van der Waals surface area contributed by atoms with Gasteiger partial charge in [-0.3, -0.25) is 14.4 Å². The third-order valence-electron chi connectivity index (χ3n) is 4.40. The summed E-state index contributed by atoms with van der Waals surface area (Å²) in [6, 6.07) is 4.09. The van der Waals surface area contributed by atoms with E-state index in [1.807, 2.05) is 0 Å². The molecule has 2 atom stereocenters. The van der Waals surface area contributed by atoms with Crippen molar-refractivity contribution < 1.29 is 23.9 Å². The Morgan fingerprint density at radius 2 is 2.12 bits per heavy atom. The Hall–Kier alpha value is -2.42. The molecule has 8 nitrogen and oxygen atoms in total. The van der Waals surface area contributed by atoms with Gasteiger partial charge < -0.3 is 25.0 Å². The summed E-state index contributed by atoms with van der Waals surface area (Å²) in [5.74, 6) is 1.64. The van der Waals surface area contributed by atoms with Gasteiger partial charge in [-0.15, -0.1) is 11.8 Å². The lowest BCUT2D eigenvalue weighted by molar-refractivity contribution is -0.138. The van der Waals surface area contributed by atoms with Crippen LogP contribution in [0.25, 0.3) is 0 Å². The second-order valence-electron chi connectivity index (χ2n) is 6.04. The minimum absolute atomic E-state index is 0.119. The number of nitrogens with zero attached hydrogens (tertiary/aromatic N) is 1. The van der Waals surface area contributed by atoms with Gasteiger partial charge in [0, 0.05) is 23.9 Å². The summed E-state index contributed by atoms with van der Waals surface area (Å²) >= 11 is 1.52. The van der Waals surface area contributed by atoms with Crippen molar-refractivity contribution in [2.24, 2.45) is 0 Å². The van der Waals surface area contributed by atoms with E-state index in [2.05, 4.69) is 10.6 Å². The Labute approximate surface area is 148 Å². The lowest BCUT2D eigenvalue weighted by Gasteiger charge is -2.25. The first kappa shape index (κ1) is 16.1. The second-order valence-corrected chi connectivity index (χ2v) is 7.04. The van der Waals surface area contributed by atoms with Gasteiger partial charge in [-0.25, -0.2) is 0 Å². The van der Waals surface area contributed by atoms with E-state index in [-0.39, 0.29) is 24.5 Å². The molecule has 1 aromatic rings. The molecule has 9 heteroatoms. The molecule has 0 radical (unpaired) electrons. The van der Waals surface area contributed by atoms with Gasteiger partial charge in [-0.05, 0) is 18.6 Å². The van der Waals surface area contributed by atoms with E-state index >= 15 is 0 Å². The maximum absolute atomic E-state index is 12.6. The third kappa shape index (κ3) is 3.11. The maximum atomic E-state index is 12.6. The van der Waals surface area contributed by atoms with E-state index in [1.54, 1.807) is 23.1 Å². The third-order valence-corrected chi connectivity index (χ3v) is 5.41. The number of anilines is 1. The SMILES string of the molecule is O=C1CC[C@H](C(=O)N2CSC[C@@H]2C(=O)Nc2ccc3c(c2)OCO3)N1. The summed E-state index contributed by atoms with van der Waals surface area (Å²) in [6.07, 6.45) is 0.834. The fourth-order valence-electron chi connectivity index (χ4n) is 3.08. The van der Waals surface area contributed by atoms with Crippen LogP contribution >= 0.6 is 11.8 Å². The molecular formula is C16H17N3O5S. The Morgan fingerprint density at radius 1 is 1.28 bits per heavy atom. The van der Waals surface area contributed by atoms with Gasteiger partial charge in [0.05, 0.1) is 5.88 Å². The van der Waals surface area contributed by atoms with Crippen LogP contribution in [0.15, 0.2) is 18.2 Å². The smallest absolute Gasteiger partial charge is 0.248 e. The Bertz CT molecular complexity index is 740. The molecule has 3 amide bonds. The molecule has 0 saturated carbocycles. The van der Waals surface area contributed by atoms with E-state index < -0.39 is 12.1 Å². The highest BCUT2D eigenvalue weighted by atomic mass is 32.2. The van der Waals surface area contributed by atoms with Crippen molar-refractivity contribution in [3.05, 3.63) is 18.2 Å². The molecule has 0 aliphatic carbocycles. The van der Waals surface area contributed by atoms with Crippen molar-refractivity contribution >= 4 is 35.2 Å². The fourth-order valence-corrected chi connectivity index (χ4v) is 4.24. The normalized spacial score (nSPS) is 24.3. The van der Waals surface area contributed by atoms with Gasteiger partial charge >= 0.3 is 0 Å². The highest BCUT2D eigenvalue weighted by molar-refractivity contribution is 7.99. The van der Waals surface area contributed by atoms with E-state index in [1.165, 1.54) is 11.8 Å². The maximum Gasteiger partial charge on any atom is 0.248 e. The minimum Gasteiger partial charge on any atom is -0.454 e. The summed E-state index contributed by atoms with van der Waals surface area (Å²) in [7, 11) is 0. The van der Waals surface area contributed by atoms with E-state index in [9.17, 15) is 14.4 Å². The molecule has 3 heterocycles. The highest BCUT2D eigenvalue weighted by Gasteiger charge is 2.39. The summed E-state index contributed by atoms with van der Waals surface area (Å²) in [5.41, 5.74) is 0.590. The van der Waals surface area contributed by atoms with Crippen molar-refractivity contribution in [2.45, 2.75) is 24.9 Å². The molecule has 0 spiro atoms. The predicted octanol–water partition coefficient (Wildman–Crippen LogP) is 0.534. The number of hydrogen-bond acceptors (Lipinski definition) is 6. The number of nitrogens with one attached hydrogen (secondary N) is 2. The quantitative estimate of drug-likeness (QED) is 0.813. The average Bonchev–Trinajstić information content (AvgIpc) is 3.33. The number of amides is 3. The highest BCUT2D eigenvalue weighted by Crippen LogP contribution is 2.34. The Kier molecular flexibility index (Phi) is 4.16. The Morgan fingerprint density at radius 3 is 2.92 bits per heavy atom. The summed E-state index contributed by atoms with van der Waals surface area (Å²) in [4.78, 5) is 38.1. The molecule has 25 heavy (non-hydrogen) atoms. The predicted molar refractivity (Wildman–Crippen MR) is 90.3 cm³/mol. The van der Waals surface area contributed by atoms with Gasteiger partial charge in [0.1, 0.15) is 12.1 Å².